The van der Waals surface area contributed by atoms with E-state index in [9.17, 15) is 19.2 Å². The molecule has 1 aromatic heterocycles. The Balaban J connectivity index is 1.50. The van der Waals surface area contributed by atoms with Crippen LogP contribution in [0.4, 0.5) is 0 Å². The molecule has 2 aliphatic heterocycles. The van der Waals surface area contributed by atoms with Gasteiger partial charge in [-0.15, -0.1) is 0 Å². The minimum atomic E-state index is -0.608. The fourth-order valence-corrected chi connectivity index (χ4v) is 3.54. The third-order valence-electron chi connectivity index (χ3n) is 4.97. The number of H-pyrrole nitrogens is 1. The second-order valence-corrected chi connectivity index (χ2v) is 7.29. The average molecular weight is 379 g/mol. The molecule has 2 saturated heterocycles. The van der Waals surface area contributed by atoms with Crippen molar-refractivity contribution in [3.63, 3.8) is 0 Å². The highest BCUT2D eigenvalue weighted by Gasteiger charge is 2.38. The van der Waals surface area contributed by atoms with Crippen LogP contribution < -0.4 is 16.6 Å². The Bertz CT molecular complexity index is 816. The normalized spacial score (nSPS) is 25.0. The van der Waals surface area contributed by atoms with Crippen LogP contribution in [0.25, 0.3) is 0 Å². The van der Waals surface area contributed by atoms with Crippen molar-refractivity contribution in [2.45, 2.75) is 37.6 Å². The number of hydrogen-bond acceptors (Lipinski definition) is 6. The zero-order valence-corrected chi connectivity index (χ0v) is 15.5. The summed E-state index contributed by atoms with van der Waals surface area (Å²) in [6.45, 7) is 1.74. The molecule has 10 heteroatoms. The second-order valence-electron chi connectivity index (χ2n) is 7.29. The summed E-state index contributed by atoms with van der Waals surface area (Å²) >= 11 is 0. The van der Waals surface area contributed by atoms with Crippen LogP contribution >= 0.6 is 0 Å². The van der Waals surface area contributed by atoms with Gasteiger partial charge < -0.3 is 15.0 Å². The summed E-state index contributed by atoms with van der Waals surface area (Å²) in [5.74, 6) is -0.247. The molecule has 3 heterocycles. The van der Waals surface area contributed by atoms with Gasteiger partial charge in [-0.3, -0.25) is 28.8 Å². The smallest absolute Gasteiger partial charge is 0.328 e. The van der Waals surface area contributed by atoms with Gasteiger partial charge in [-0.25, -0.2) is 4.79 Å². The maximum Gasteiger partial charge on any atom is 0.328 e. The summed E-state index contributed by atoms with van der Waals surface area (Å²) < 4.78 is 6.97. The van der Waals surface area contributed by atoms with Crippen LogP contribution in [-0.2, 0) is 20.9 Å². The molecule has 0 saturated carbocycles. The highest BCUT2D eigenvalue weighted by molar-refractivity contribution is 5.76. The Labute approximate surface area is 156 Å². The Morgan fingerprint density at radius 2 is 2.11 bits per heavy atom. The summed E-state index contributed by atoms with van der Waals surface area (Å²) in [4.78, 5) is 52.7. The van der Waals surface area contributed by atoms with Gasteiger partial charge in [-0.05, 0) is 6.42 Å². The standard InChI is InChI=1S/C17H25N5O5/c1-20(2)16(25)6-13-8-22-7-11(5-12(22)10-27-13)18-15(24)9-21-4-3-14(23)19-17(21)26/h3-4,11-13H,5-10H2,1-2H3,(H,18,24)(H,19,23,26)/t11-,12+,13+/m1/s1. The van der Waals surface area contributed by atoms with Gasteiger partial charge in [-0.1, -0.05) is 0 Å². The van der Waals surface area contributed by atoms with Crippen LogP contribution in [-0.4, -0.2) is 83.1 Å². The van der Waals surface area contributed by atoms with Crippen LogP contribution in [0, 0.1) is 0 Å². The lowest BCUT2D eigenvalue weighted by atomic mass is 10.1. The number of fused-ring (bicyclic) bond motifs is 1. The van der Waals surface area contributed by atoms with E-state index < -0.39 is 11.2 Å². The maximum atomic E-state index is 12.2. The Kier molecular flexibility index (Phi) is 5.76. The summed E-state index contributed by atoms with van der Waals surface area (Å²) in [6, 6.07) is 1.39. The van der Waals surface area contributed by atoms with E-state index in [4.69, 9.17) is 4.74 Å². The maximum absolute atomic E-state index is 12.2. The lowest BCUT2D eigenvalue weighted by Gasteiger charge is -2.35. The molecule has 0 bridgehead atoms. The van der Waals surface area contributed by atoms with Gasteiger partial charge in [-0.2, -0.15) is 0 Å². The number of carbonyl (C=O) groups is 2. The zero-order valence-electron chi connectivity index (χ0n) is 15.5. The van der Waals surface area contributed by atoms with Crippen LogP contribution in [0.3, 0.4) is 0 Å². The molecule has 0 radical (unpaired) electrons. The van der Waals surface area contributed by atoms with Gasteiger partial charge in [0.05, 0.1) is 19.1 Å². The zero-order chi connectivity index (χ0) is 19.6. The minimum absolute atomic E-state index is 0.0344. The average Bonchev–Trinajstić information content (AvgIpc) is 2.98. The van der Waals surface area contributed by atoms with Gasteiger partial charge in [0.1, 0.15) is 6.54 Å². The molecule has 2 fully saturated rings. The van der Waals surface area contributed by atoms with Crippen molar-refractivity contribution < 1.29 is 14.3 Å². The van der Waals surface area contributed by atoms with E-state index in [0.717, 1.165) is 11.0 Å². The summed E-state index contributed by atoms with van der Waals surface area (Å²) in [6.07, 6.45) is 2.28. The van der Waals surface area contributed by atoms with Gasteiger partial charge in [0.15, 0.2) is 0 Å². The molecule has 2 amide bonds. The molecule has 0 aliphatic carbocycles. The van der Waals surface area contributed by atoms with Gasteiger partial charge in [0, 0.05) is 51.5 Å². The lowest BCUT2D eigenvalue weighted by molar-refractivity contribution is -0.134. The lowest BCUT2D eigenvalue weighted by Crippen LogP contribution is -2.47. The fraction of sp³-hybridized carbons (Fsp3) is 0.647. The van der Waals surface area contributed by atoms with E-state index in [1.165, 1.54) is 12.3 Å². The van der Waals surface area contributed by atoms with Crippen LogP contribution in [0.1, 0.15) is 12.8 Å². The largest absolute Gasteiger partial charge is 0.375 e. The van der Waals surface area contributed by atoms with E-state index >= 15 is 0 Å². The van der Waals surface area contributed by atoms with Crippen LogP contribution in [0.5, 0.6) is 0 Å². The molecule has 27 heavy (non-hydrogen) atoms. The Hall–Kier alpha value is -2.46. The van der Waals surface area contributed by atoms with Gasteiger partial charge >= 0.3 is 5.69 Å². The fourth-order valence-electron chi connectivity index (χ4n) is 3.54. The minimum Gasteiger partial charge on any atom is -0.375 e. The number of amides is 2. The number of aromatic nitrogens is 2. The first kappa shape index (κ1) is 19.3. The number of nitrogens with zero attached hydrogens (tertiary/aromatic N) is 3. The molecule has 0 spiro atoms. The predicted molar refractivity (Wildman–Crippen MR) is 96.3 cm³/mol. The number of hydrogen-bond donors (Lipinski definition) is 2. The number of aromatic amines is 1. The molecular weight excluding hydrogens is 354 g/mol. The topological polar surface area (TPSA) is 117 Å². The van der Waals surface area contributed by atoms with Crippen molar-refractivity contribution in [3.8, 4) is 0 Å². The molecule has 3 rings (SSSR count). The monoisotopic (exact) mass is 379 g/mol. The third-order valence-corrected chi connectivity index (χ3v) is 4.97. The van der Waals surface area contributed by atoms with Crippen molar-refractivity contribution in [2.75, 3.05) is 33.8 Å². The number of carbonyl (C=O) groups excluding carboxylic acids is 2. The summed E-state index contributed by atoms with van der Waals surface area (Å²) in [7, 11) is 3.45. The highest BCUT2D eigenvalue weighted by atomic mass is 16.5. The molecule has 0 aromatic carbocycles. The van der Waals surface area contributed by atoms with E-state index in [1.54, 1.807) is 19.0 Å². The Morgan fingerprint density at radius 1 is 1.33 bits per heavy atom. The van der Waals surface area contributed by atoms with E-state index in [1.807, 2.05) is 0 Å². The molecule has 0 unspecified atom stereocenters. The third kappa shape index (κ3) is 4.83. The predicted octanol–water partition coefficient (Wildman–Crippen LogP) is -2.03. The first-order valence-corrected chi connectivity index (χ1v) is 8.96. The van der Waals surface area contributed by atoms with E-state index in [2.05, 4.69) is 15.2 Å². The van der Waals surface area contributed by atoms with E-state index in [0.29, 0.717) is 26.1 Å². The number of morpholine rings is 1. The van der Waals surface area contributed by atoms with Crippen LogP contribution in [0.15, 0.2) is 21.9 Å². The van der Waals surface area contributed by atoms with E-state index in [-0.39, 0.29) is 36.5 Å². The number of rotatable bonds is 5. The molecule has 148 valence electrons. The van der Waals surface area contributed by atoms with Crippen molar-refractivity contribution >= 4 is 11.8 Å². The van der Waals surface area contributed by atoms with Gasteiger partial charge in [0.25, 0.3) is 5.56 Å². The molecule has 2 aliphatic rings. The molecular formula is C17H25N5O5. The second kappa shape index (κ2) is 8.05. The molecule has 10 nitrogen and oxygen atoms in total. The van der Waals surface area contributed by atoms with Crippen molar-refractivity contribution in [1.82, 2.24) is 24.7 Å². The van der Waals surface area contributed by atoms with Crippen LogP contribution in [0.2, 0.25) is 0 Å². The van der Waals surface area contributed by atoms with Crippen molar-refractivity contribution in [3.05, 3.63) is 33.1 Å². The van der Waals surface area contributed by atoms with Crippen molar-refractivity contribution in [2.24, 2.45) is 0 Å². The number of ether oxygens (including phenoxy) is 1. The quantitative estimate of drug-likeness (QED) is 0.610. The highest BCUT2D eigenvalue weighted by Crippen LogP contribution is 2.24. The SMILES string of the molecule is CN(C)C(=O)C[C@H]1CN2C[C@H](NC(=O)Cn3ccc(=O)[nH]c3=O)C[C@H]2CO1. The Morgan fingerprint density at radius 3 is 2.81 bits per heavy atom. The summed E-state index contributed by atoms with van der Waals surface area (Å²) in [5, 5.41) is 2.94. The van der Waals surface area contributed by atoms with Crippen molar-refractivity contribution in [1.29, 1.82) is 0 Å². The molecule has 2 N–H and O–H groups in total. The first-order valence-electron chi connectivity index (χ1n) is 8.96. The van der Waals surface area contributed by atoms with Gasteiger partial charge in [0.2, 0.25) is 11.8 Å². The summed E-state index contributed by atoms with van der Waals surface area (Å²) in [5.41, 5.74) is -1.10. The first-order chi connectivity index (χ1) is 12.8. The molecule has 3 atom stereocenters. The number of nitrogens with one attached hydrogen (secondary N) is 2. The molecule has 1 aromatic rings.